The number of urea groups is 1. The van der Waals surface area contributed by atoms with Gasteiger partial charge in [-0.2, -0.15) is 8.42 Å². The summed E-state index contributed by atoms with van der Waals surface area (Å²) in [7, 11) is -2.32. The van der Waals surface area contributed by atoms with E-state index in [-0.39, 0.29) is 23.9 Å². The number of ether oxygens (including phenoxy) is 2. The van der Waals surface area contributed by atoms with Crippen LogP contribution in [-0.4, -0.2) is 57.0 Å². The highest BCUT2D eigenvalue weighted by molar-refractivity contribution is 7.87. The van der Waals surface area contributed by atoms with Gasteiger partial charge < -0.3 is 23.9 Å². The molecule has 0 aliphatic carbocycles. The van der Waals surface area contributed by atoms with Crippen molar-refractivity contribution >= 4 is 16.1 Å². The number of carbonyl (C=O) groups excluding carboxylic acids is 1. The molecule has 1 atom stereocenters. The number of hydrogen-bond donors (Lipinski definition) is 1. The molecule has 1 N–H and O–H groups in total. The molecule has 1 aromatic carbocycles. The molecule has 1 heterocycles. The third kappa shape index (κ3) is 6.78. The first-order valence-corrected chi connectivity index (χ1v) is 11.4. The topological polar surface area (TPSA) is 94.2 Å². The summed E-state index contributed by atoms with van der Waals surface area (Å²) in [5.74, 6) is 0.426. The number of nitrogens with one attached hydrogen (secondary N) is 1. The van der Waals surface area contributed by atoms with Crippen molar-refractivity contribution < 1.29 is 26.9 Å². The molecule has 0 radical (unpaired) electrons. The zero-order chi connectivity index (χ0) is 21.6. The summed E-state index contributed by atoms with van der Waals surface area (Å²) >= 11 is 0. The van der Waals surface area contributed by atoms with Crippen LogP contribution in [0.15, 0.2) is 18.2 Å². The maximum atomic E-state index is 12.7. The van der Waals surface area contributed by atoms with Crippen molar-refractivity contribution in [2.45, 2.75) is 64.5 Å². The first-order valence-electron chi connectivity index (χ1n) is 9.89. The van der Waals surface area contributed by atoms with Crippen LogP contribution < -0.4 is 14.2 Å². The second-order valence-corrected chi connectivity index (χ2v) is 9.82. The molecule has 0 saturated carbocycles. The highest BCUT2D eigenvalue weighted by Gasteiger charge is 2.25. The van der Waals surface area contributed by atoms with E-state index in [1.54, 1.807) is 36.9 Å². The molecular weight excluding hydrogens is 396 g/mol. The number of hydrogen-bond acceptors (Lipinski definition) is 6. The molecule has 0 unspecified atom stereocenters. The molecular formula is C20H32N2O6S. The minimum Gasteiger partial charge on any atom is -0.493 e. The first kappa shape index (κ1) is 23.3. The van der Waals surface area contributed by atoms with Crippen molar-refractivity contribution in [2.75, 3.05) is 20.3 Å². The van der Waals surface area contributed by atoms with Gasteiger partial charge in [0.25, 0.3) is 0 Å². The molecule has 0 spiro atoms. The highest BCUT2D eigenvalue weighted by Crippen LogP contribution is 2.30. The Bertz CT molecular complexity index is 788. The summed E-state index contributed by atoms with van der Waals surface area (Å²) in [4.78, 5) is 14.4. The smallest absolute Gasteiger partial charge is 0.317 e. The van der Waals surface area contributed by atoms with Crippen LogP contribution in [0.2, 0.25) is 0 Å². The van der Waals surface area contributed by atoms with E-state index < -0.39 is 15.4 Å². The molecule has 0 bridgehead atoms. The maximum Gasteiger partial charge on any atom is 0.317 e. The number of amides is 2. The van der Waals surface area contributed by atoms with Gasteiger partial charge in [0.1, 0.15) is 0 Å². The fourth-order valence-corrected chi connectivity index (χ4v) is 3.49. The van der Waals surface area contributed by atoms with Gasteiger partial charge in [-0.05, 0) is 58.2 Å². The summed E-state index contributed by atoms with van der Waals surface area (Å²) in [6.45, 7) is 8.36. The zero-order valence-corrected chi connectivity index (χ0v) is 18.6. The van der Waals surface area contributed by atoms with Crippen molar-refractivity contribution in [1.82, 2.24) is 10.2 Å². The van der Waals surface area contributed by atoms with E-state index in [0.717, 1.165) is 18.4 Å². The van der Waals surface area contributed by atoms with Gasteiger partial charge in [-0.25, -0.2) is 4.79 Å². The standard InChI is InChI=1S/C20H32N2O6S/c1-14(2)21-20(23)22(13-17-7-6-10-27-17)12-16-8-9-18(26-5)19(11-16)28-29(24,25)15(3)4/h8-9,11,14-15,17H,6-7,10,12-13H2,1-5H3,(H,21,23)/t17-/m0/s1. The molecule has 1 aliphatic rings. The van der Waals surface area contributed by atoms with Crippen LogP contribution in [0.1, 0.15) is 46.1 Å². The molecule has 2 rings (SSSR count). The van der Waals surface area contributed by atoms with Crippen LogP contribution in [-0.2, 0) is 21.4 Å². The van der Waals surface area contributed by atoms with Crippen molar-refractivity contribution in [3.63, 3.8) is 0 Å². The quantitative estimate of drug-likeness (QED) is 0.608. The lowest BCUT2D eigenvalue weighted by Gasteiger charge is -2.27. The van der Waals surface area contributed by atoms with Gasteiger partial charge in [0.15, 0.2) is 11.5 Å². The normalized spacial score (nSPS) is 16.9. The Labute approximate surface area is 173 Å². The second kappa shape index (κ2) is 10.2. The fraction of sp³-hybridized carbons (Fsp3) is 0.650. The Morgan fingerprint density at radius 3 is 2.55 bits per heavy atom. The average Bonchev–Trinajstić information content (AvgIpc) is 3.13. The number of methoxy groups -OCH3 is 1. The number of benzene rings is 1. The lowest BCUT2D eigenvalue weighted by atomic mass is 10.1. The molecule has 2 amide bonds. The van der Waals surface area contributed by atoms with E-state index in [1.165, 1.54) is 7.11 Å². The summed E-state index contributed by atoms with van der Waals surface area (Å²) in [5, 5.41) is 2.22. The second-order valence-electron chi connectivity index (χ2n) is 7.73. The van der Waals surface area contributed by atoms with E-state index in [4.69, 9.17) is 13.7 Å². The Morgan fingerprint density at radius 1 is 1.28 bits per heavy atom. The lowest BCUT2D eigenvalue weighted by molar-refractivity contribution is 0.0791. The van der Waals surface area contributed by atoms with Crippen LogP contribution in [0.4, 0.5) is 4.79 Å². The fourth-order valence-electron chi connectivity index (χ4n) is 2.92. The van der Waals surface area contributed by atoms with Gasteiger partial charge in [-0.3, -0.25) is 0 Å². The minimum absolute atomic E-state index is 0.000410. The average molecular weight is 429 g/mol. The highest BCUT2D eigenvalue weighted by atomic mass is 32.2. The molecule has 9 heteroatoms. The van der Waals surface area contributed by atoms with Crippen molar-refractivity contribution in [3.05, 3.63) is 23.8 Å². The number of nitrogens with zero attached hydrogens (tertiary/aromatic N) is 1. The Morgan fingerprint density at radius 2 is 2.00 bits per heavy atom. The van der Waals surface area contributed by atoms with E-state index >= 15 is 0 Å². The molecule has 0 aromatic heterocycles. The molecule has 29 heavy (non-hydrogen) atoms. The van der Waals surface area contributed by atoms with Gasteiger partial charge >= 0.3 is 16.1 Å². The Kier molecular flexibility index (Phi) is 8.15. The van der Waals surface area contributed by atoms with E-state index in [1.807, 2.05) is 13.8 Å². The summed E-state index contributed by atoms with van der Waals surface area (Å²) < 4.78 is 40.6. The SMILES string of the molecule is COc1ccc(CN(C[C@@H]2CCCO2)C(=O)NC(C)C)cc1OS(=O)(=O)C(C)C. The molecule has 1 aromatic rings. The number of carbonyl (C=O) groups is 1. The van der Waals surface area contributed by atoms with Gasteiger partial charge in [0.2, 0.25) is 0 Å². The zero-order valence-electron chi connectivity index (χ0n) is 17.8. The monoisotopic (exact) mass is 428 g/mol. The third-order valence-electron chi connectivity index (χ3n) is 4.53. The van der Waals surface area contributed by atoms with Gasteiger partial charge in [0.05, 0.1) is 18.5 Å². The molecule has 1 fully saturated rings. The Balaban J connectivity index is 2.24. The van der Waals surface area contributed by atoms with Crippen molar-refractivity contribution in [1.29, 1.82) is 0 Å². The molecule has 164 valence electrons. The first-order chi connectivity index (χ1) is 13.6. The summed E-state index contributed by atoms with van der Waals surface area (Å²) in [6.07, 6.45) is 1.90. The van der Waals surface area contributed by atoms with Crippen molar-refractivity contribution in [2.24, 2.45) is 0 Å². The summed E-state index contributed by atoms with van der Waals surface area (Å²) in [5.41, 5.74) is 0.733. The van der Waals surface area contributed by atoms with Crippen LogP contribution in [0.3, 0.4) is 0 Å². The number of rotatable bonds is 9. The van der Waals surface area contributed by atoms with E-state index in [9.17, 15) is 13.2 Å². The molecule has 8 nitrogen and oxygen atoms in total. The lowest BCUT2D eigenvalue weighted by Crippen LogP contribution is -2.45. The predicted molar refractivity (Wildman–Crippen MR) is 111 cm³/mol. The van der Waals surface area contributed by atoms with Crippen LogP contribution in [0, 0.1) is 0 Å². The van der Waals surface area contributed by atoms with E-state index in [2.05, 4.69) is 5.32 Å². The van der Waals surface area contributed by atoms with Gasteiger partial charge in [0, 0.05) is 25.7 Å². The van der Waals surface area contributed by atoms with Crippen molar-refractivity contribution in [3.8, 4) is 11.5 Å². The third-order valence-corrected chi connectivity index (χ3v) is 6.10. The van der Waals surface area contributed by atoms with Gasteiger partial charge in [-0.15, -0.1) is 0 Å². The maximum absolute atomic E-state index is 12.7. The van der Waals surface area contributed by atoms with Crippen LogP contribution in [0.5, 0.6) is 11.5 Å². The Hall–Kier alpha value is -2.00. The van der Waals surface area contributed by atoms with Gasteiger partial charge in [-0.1, -0.05) is 6.07 Å². The molecule has 1 saturated heterocycles. The van der Waals surface area contributed by atoms with E-state index in [0.29, 0.717) is 25.4 Å². The van der Waals surface area contributed by atoms with Crippen LogP contribution in [0.25, 0.3) is 0 Å². The largest absolute Gasteiger partial charge is 0.493 e. The predicted octanol–water partition coefficient (Wildman–Crippen LogP) is 2.91. The molecule has 1 aliphatic heterocycles. The van der Waals surface area contributed by atoms with Crippen LogP contribution >= 0.6 is 0 Å². The summed E-state index contributed by atoms with van der Waals surface area (Å²) in [6, 6.07) is 4.84. The minimum atomic E-state index is -3.77.